The van der Waals surface area contributed by atoms with Crippen molar-refractivity contribution in [3.05, 3.63) is 59.9 Å². The number of halogens is 1. The standard InChI is InChI=1S/C21H24FNO3/c1-16-2-6-19(7-3-16)25-13-11-17-10-12-23(14-17)21(24)15-26-20-8-4-18(22)5-9-20/h2-9,17H,10-15H2,1H3. The maximum Gasteiger partial charge on any atom is 0.260 e. The largest absolute Gasteiger partial charge is 0.494 e. The number of aryl methyl sites for hydroxylation is 1. The minimum Gasteiger partial charge on any atom is -0.494 e. The van der Waals surface area contributed by atoms with E-state index in [0.717, 1.165) is 31.7 Å². The molecule has 0 aliphatic carbocycles. The normalized spacial score (nSPS) is 16.5. The number of nitrogens with zero attached hydrogens (tertiary/aromatic N) is 1. The maximum absolute atomic E-state index is 12.9. The molecule has 1 heterocycles. The minimum absolute atomic E-state index is 0.0157. The molecule has 26 heavy (non-hydrogen) atoms. The van der Waals surface area contributed by atoms with Crippen LogP contribution in [0, 0.1) is 18.7 Å². The molecule has 0 bridgehead atoms. The van der Waals surface area contributed by atoms with Gasteiger partial charge in [-0.1, -0.05) is 17.7 Å². The summed E-state index contributed by atoms with van der Waals surface area (Å²) in [5.41, 5.74) is 1.21. The van der Waals surface area contributed by atoms with Crippen molar-refractivity contribution in [3.8, 4) is 11.5 Å². The lowest BCUT2D eigenvalue weighted by Crippen LogP contribution is -2.33. The number of rotatable bonds is 7. The second kappa shape index (κ2) is 8.70. The fraction of sp³-hybridized carbons (Fsp3) is 0.381. The van der Waals surface area contributed by atoms with Gasteiger partial charge in [0.1, 0.15) is 17.3 Å². The lowest BCUT2D eigenvalue weighted by Gasteiger charge is -2.17. The molecule has 0 radical (unpaired) electrons. The van der Waals surface area contributed by atoms with Gasteiger partial charge in [0.15, 0.2) is 6.61 Å². The Labute approximate surface area is 153 Å². The van der Waals surface area contributed by atoms with Gasteiger partial charge in [-0.05, 0) is 62.1 Å². The van der Waals surface area contributed by atoms with E-state index in [4.69, 9.17) is 9.47 Å². The molecule has 1 amide bonds. The van der Waals surface area contributed by atoms with E-state index in [1.165, 1.54) is 29.8 Å². The second-order valence-electron chi connectivity index (χ2n) is 6.69. The van der Waals surface area contributed by atoms with Crippen LogP contribution in [0.4, 0.5) is 4.39 Å². The Morgan fingerprint density at radius 3 is 2.46 bits per heavy atom. The molecule has 1 atom stereocenters. The summed E-state index contributed by atoms with van der Waals surface area (Å²) in [6.45, 7) is 4.18. The first-order chi connectivity index (χ1) is 12.6. The molecule has 1 aliphatic heterocycles. The zero-order valence-corrected chi connectivity index (χ0v) is 15.0. The molecule has 3 rings (SSSR count). The highest BCUT2D eigenvalue weighted by atomic mass is 19.1. The highest BCUT2D eigenvalue weighted by Gasteiger charge is 2.26. The number of hydrogen-bond donors (Lipinski definition) is 0. The molecule has 4 nitrogen and oxygen atoms in total. The lowest BCUT2D eigenvalue weighted by molar-refractivity contribution is -0.132. The number of benzene rings is 2. The van der Waals surface area contributed by atoms with Gasteiger partial charge in [0, 0.05) is 13.1 Å². The third kappa shape index (κ3) is 5.22. The zero-order valence-electron chi connectivity index (χ0n) is 15.0. The number of amides is 1. The number of hydrogen-bond acceptors (Lipinski definition) is 3. The summed E-state index contributed by atoms with van der Waals surface area (Å²) in [6, 6.07) is 13.7. The molecule has 0 aromatic heterocycles. The van der Waals surface area contributed by atoms with Gasteiger partial charge in [-0.25, -0.2) is 4.39 Å². The van der Waals surface area contributed by atoms with Gasteiger partial charge in [-0.2, -0.15) is 0 Å². The Bertz CT molecular complexity index is 715. The lowest BCUT2D eigenvalue weighted by atomic mass is 10.1. The van der Waals surface area contributed by atoms with Crippen molar-refractivity contribution in [1.82, 2.24) is 4.90 Å². The molecule has 2 aromatic rings. The molecular weight excluding hydrogens is 333 g/mol. The molecular formula is C21H24FNO3. The van der Waals surface area contributed by atoms with Crippen LogP contribution >= 0.6 is 0 Å². The van der Waals surface area contributed by atoms with Gasteiger partial charge in [-0.15, -0.1) is 0 Å². The number of likely N-dealkylation sites (tertiary alicyclic amines) is 1. The summed E-state index contributed by atoms with van der Waals surface area (Å²) >= 11 is 0. The van der Waals surface area contributed by atoms with Crippen LogP contribution in [0.25, 0.3) is 0 Å². The fourth-order valence-corrected chi connectivity index (χ4v) is 3.04. The first-order valence-corrected chi connectivity index (χ1v) is 8.96. The van der Waals surface area contributed by atoms with Crippen molar-refractivity contribution >= 4 is 5.91 Å². The quantitative estimate of drug-likeness (QED) is 0.756. The highest BCUT2D eigenvalue weighted by Crippen LogP contribution is 2.21. The molecule has 1 unspecified atom stereocenters. The summed E-state index contributed by atoms with van der Waals surface area (Å²) in [6.07, 6.45) is 1.91. The molecule has 0 N–H and O–H groups in total. The molecule has 2 aromatic carbocycles. The van der Waals surface area contributed by atoms with E-state index in [1.807, 2.05) is 36.1 Å². The van der Waals surface area contributed by atoms with Crippen molar-refractivity contribution in [1.29, 1.82) is 0 Å². The fourth-order valence-electron chi connectivity index (χ4n) is 3.04. The number of ether oxygens (including phenoxy) is 2. The Kier molecular flexibility index (Phi) is 6.10. The molecule has 0 spiro atoms. The predicted octanol–water partition coefficient (Wildman–Crippen LogP) is 3.83. The van der Waals surface area contributed by atoms with E-state index in [9.17, 15) is 9.18 Å². The summed E-state index contributed by atoms with van der Waals surface area (Å²) in [5, 5.41) is 0. The molecule has 1 aliphatic rings. The third-order valence-electron chi connectivity index (χ3n) is 4.63. The average molecular weight is 357 g/mol. The van der Waals surface area contributed by atoms with Crippen LogP contribution in [0.5, 0.6) is 11.5 Å². The van der Waals surface area contributed by atoms with E-state index in [2.05, 4.69) is 0 Å². The van der Waals surface area contributed by atoms with Gasteiger partial charge in [0.2, 0.25) is 0 Å². The van der Waals surface area contributed by atoms with Crippen molar-refractivity contribution in [2.24, 2.45) is 5.92 Å². The van der Waals surface area contributed by atoms with E-state index >= 15 is 0 Å². The van der Waals surface area contributed by atoms with Gasteiger partial charge in [0.25, 0.3) is 5.91 Å². The van der Waals surface area contributed by atoms with Gasteiger partial charge in [-0.3, -0.25) is 4.79 Å². The molecule has 1 fully saturated rings. The Hall–Kier alpha value is -2.56. The van der Waals surface area contributed by atoms with Gasteiger partial charge >= 0.3 is 0 Å². The van der Waals surface area contributed by atoms with E-state index in [-0.39, 0.29) is 18.3 Å². The Morgan fingerprint density at radius 2 is 1.73 bits per heavy atom. The summed E-state index contributed by atoms with van der Waals surface area (Å²) < 4.78 is 24.1. The topological polar surface area (TPSA) is 38.8 Å². The summed E-state index contributed by atoms with van der Waals surface area (Å²) in [5.74, 6) is 1.49. The Morgan fingerprint density at radius 1 is 1.08 bits per heavy atom. The van der Waals surface area contributed by atoms with Crippen molar-refractivity contribution in [2.45, 2.75) is 19.8 Å². The monoisotopic (exact) mass is 357 g/mol. The summed E-state index contributed by atoms with van der Waals surface area (Å²) in [7, 11) is 0. The molecule has 5 heteroatoms. The Balaban J connectivity index is 1.36. The molecule has 1 saturated heterocycles. The van der Waals surface area contributed by atoms with Crippen LogP contribution in [0.2, 0.25) is 0 Å². The van der Waals surface area contributed by atoms with Crippen LogP contribution in [0.15, 0.2) is 48.5 Å². The molecule has 138 valence electrons. The van der Waals surface area contributed by atoms with Crippen LogP contribution < -0.4 is 9.47 Å². The van der Waals surface area contributed by atoms with Crippen molar-refractivity contribution in [2.75, 3.05) is 26.3 Å². The van der Waals surface area contributed by atoms with Crippen LogP contribution in [-0.2, 0) is 4.79 Å². The van der Waals surface area contributed by atoms with Gasteiger partial charge in [0.05, 0.1) is 6.61 Å². The summed E-state index contributed by atoms with van der Waals surface area (Å²) in [4.78, 5) is 14.1. The van der Waals surface area contributed by atoms with Gasteiger partial charge < -0.3 is 14.4 Å². The van der Waals surface area contributed by atoms with Crippen molar-refractivity contribution < 1.29 is 18.7 Å². The zero-order chi connectivity index (χ0) is 18.4. The molecule has 0 saturated carbocycles. The van der Waals surface area contributed by atoms with Crippen LogP contribution in [-0.4, -0.2) is 37.1 Å². The average Bonchev–Trinajstić information content (AvgIpc) is 3.12. The number of carbonyl (C=O) groups is 1. The maximum atomic E-state index is 12.9. The predicted molar refractivity (Wildman–Crippen MR) is 97.9 cm³/mol. The minimum atomic E-state index is -0.320. The van der Waals surface area contributed by atoms with E-state index < -0.39 is 0 Å². The number of carbonyl (C=O) groups excluding carboxylic acids is 1. The highest BCUT2D eigenvalue weighted by molar-refractivity contribution is 5.78. The third-order valence-corrected chi connectivity index (χ3v) is 4.63. The van der Waals surface area contributed by atoms with E-state index in [1.54, 1.807) is 0 Å². The SMILES string of the molecule is Cc1ccc(OCCC2CCN(C(=O)COc3ccc(F)cc3)C2)cc1. The van der Waals surface area contributed by atoms with Crippen LogP contribution in [0.1, 0.15) is 18.4 Å². The second-order valence-corrected chi connectivity index (χ2v) is 6.69. The van der Waals surface area contributed by atoms with Crippen LogP contribution in [0.3, 0.4) is 0 Å². The first kappa shape index (κ1) is 18.2. The smallest absolute Gasteiger partial charge is 0.260 e. The van der Waals surface area contributed by atoms with Crippen molar-refractivity contribution in [3.63, 3.8) is 0 Å². The first-order valence-electron chi connectivity index (χ1n) is 8.96. The van der Waals surface area contributed by atoms with E-state index in [0.29, 0.717) is 18.3 Å².